The number of rotatable bonds is 3. The average molecular weight is 287 g/mol. The molecule has 0 aliphatic heterocycles. The number of anilines is 1. The minimum Gasteiger partial charge on any atom is -0.363 e. The smallest absolute Gasteiger partial charge is 0.363 e. The molecule has 112 valence electrons. The van der Waals surface area contributed by atoms with Crippen molar-refractivity contribution in [3.8, 4) is 0 Å². The van der Waals surface area contributed by atoms with Gasteiger partial charge in [0, 0.05) is 12.7 Å². The highest BCUT2D eigenvalue weighted by molar-refractivity contribution is 5.39. The molecule has 1 aliphatic carbocycles. The van der Waals surface area contributed by atoms with Gasteiger partial charge in [-0.2, -0.15) is 13.2 Å². The minimum atomic E-state index is -4.35. The second kappa shape index (κ2) is 5.60. The number of hydrogen-bond acceptors (Lipinski definition) is 3. The maximum Gasteiger partial charge on any atom is 0.417 e. The van der Waals surface area contributed by atoms with Gasteiger partial charge >= 0.3 is 6.18 Å². The Balaban J connectivity index is 2.12. The van der Waals surface area contributed by atoms with Crippen LogP contribution in [0, 0.1) is 5.92 Å². The summed E-state index contributed by atoms with van der Waals surface area (Å²) in [5, 5.41) is 3.25. The SMILES string of the molecule is CC1CCCC(CN)(Nc2ccc(C(F)(F)F)cn2)C1. The van der Waals surface area contributed by atoms with E-state index in [2.05, 4.69) is 17.2 Å². The summed E-state index contributed by atoms with van der Waals surface area (Å²) in [6.07, 6.45) is 0.605. The number of halogens is 3. The summed E-state index contributed by atoms with van der Waals surface area (Å²) < 4.78 is 37.5. The summed E-state index contributed by atoms with van der Waals surface area (Å²) in [6.45, 7) is 2.63. The fourth-order valence-corrected chi connectivity index (χ4v) is 2.92. The van der Waals surface area contributed by atoms with Gasteiger partial charge in [0.2, 0.25) is 0 Å². The highest BCUT2D eigenvalue weighted by Gasteiger charge is 2.34. The molecular weight excluding hydrogens is 267 g/mol. The lowest BCUT2D eigenvalue weighted by Gasteiger charge is -2.40. The maximum atomic E-state index is 12.5. The van der Waals surface area contributed by atoms with E-state index >= 15 is 0 Å². The van der Waals surface area contributed by atoms with Crippen molar-refractivity contribution < 1.29 is 13.2 Å². The number of alkyl halides is 3. The second-order valence-corrected chi connectivity index (χ2v) is 5.74. The third kappa shape index (κ3) is 3.42. The number of nitrogens with two attached hydrogens (primary N) is 1. The van der Waals surface area contributed by atoms with Crippen LogP contribution in [-0.2, 0) is 6.18 Å². The molecule has 1 fully saturated rings. The Hall–Kier alpha value is -1.30. The van der Waals surface area contributed by atoms with Crippen LogP contribution in [0.25, 0.3) is 0 Å². The zero-order valence-electron chi connectivity index (χ0n) is 11.5. The van der Waals surface area contributed by atoms with E-state index < -0.39 is 11.7 Å². The zero-order chi connectivity index (χ0) is 14.8. The fourth-order valence-electron chi connectivity index (χ4n) is 2.92. The van der Waals surface area contributed by atoms with Gasteiger partial charge in [-0.25, -0.2) is 4.98 Å². The molecule has 6 heteroatoms. The van der Waals surface area contributed by atoms with Crippen molar-refractivity contribution in [1.82, 2.24) is 4.98 Å². The summed E-state index contributed by atoms with van der Waals surface area (Å²) in [4.78, 5) is 3.87. The van der Waals surface area contributed by atoms with Crippen LogP contribution in [0.4, 0.5) is 19.0 Å². The largest absolute Gasteiger partial charge is 0.417 e. The van der Waals surface area contributed by atoms with Crippen molar-refractivity contribution >= 4 is 5.82 Å². The molecule has 0 saturated heterocycles. The minimum absolute atomic E-state index is 0.246. The lowest BCUT2D eigenvalue weighted by Crippen LogP contribution is -2.48. The summed E-state index contributed by atoms with van der Waals surface area (Å²) in [5.74, 6) is 1.02. The molecule has 1 aromatic heterocycles. The number of hydrogen-bond donors (Lipinski definition) is 2. The molecule has 1 heterocycles. The average Bonchev–Trinajstić information content (AvgIpc) is 2.38. The van der Waals surface area contributed by atoms with Crippen molar-refractivity contribution in [2.75, 3.05) is 11.9 Å². The van der Waals surface area contributed by atoms with Crippen LogP contribution in [0.2, 0.25) is 0 Å². The first-order valence-electron chi connectivity index (χ1n) is 6.86. The molecule has 3 N–H and O–H groups in total. The normalized spacial score (nSPS) is 27.4. The quantitative estimate of drug-likeness (QED) is 0.895. The Labute approximate surface area is 116 Å². The first-order valence-corrected chi connectivity index (χ1v) is 6.86. The number of nitrogens with one attached hydrogen (secondary N) is 1. The van der Waals surface area contributed by atoms with E-state index in [0.717, 1.165) is 31.5 Å². The van der Waals surface area contributed by atoms with Gasteiger partial charge in [0.15, 0.2) is 0 Å². The first kappa shape index (κ1) is 15.1. The van der Waals surface area contributed by atoms with E-state index in [0.29, 0.717) is 18.3 Å². The van der Waals surface area contributed by atoms with Crippen LogP contribution < -0.4 is 11.1 Å². The third-order valence-electron chi connectivity index (χ3n) is 3.97. The van der Waals surface area contributed by atoms with Crippen LogP contribution in [0.3, 0.4) is 0 Å². The van der Waals surface area contributed by atoms with Crippen molar-refractivity contribution in [3.63, 3.8) is 0 Å². The molecule has 0 spiro atoms. The lowest BCUT2D eigenvalue weighted by atomic mass is 9.76. The molecule has 0 bridgehead atoms. The molecule has 2 rings (SSSR count). The van der Waals surface area contributed by atoms with Gasteiger partial charge in [0.1, 0.15) is 5.82 Å². The van der Waals surface area contributed by atoms with E-state index in [9.17, 15) is 13.2 Å². The van der Waals surface area contributed by atoms with Gasteiger partial charge < -0.3 is 11.1 Å². The van der Waals surface area contributed by atoms with Crippen LogP contribution in [0.1, 0.15) is 38.2 Å². The second-order valence-electron chi connectivity index (χ2n) is 5.74. The Morgan fingerprint density at radius 1 is 1.45 bits per heavy atom. The number of aromatic nitrogens is 1. The molecule has 0 aromatic carbocycles. The van der Waals surface area contributed by atoms with E-state index in [1.54, 1.807) is 0 Å². The molecule has 0 amide bonds. The number of nitrogens with zero attached hydrogens (tertiary/aromatic N) is 1. The predicted molar refractivity (Wildman–Crippen MR) is 72.3 cm³/mol. The molecular formula is C14H20F3N3. The van der Waals surface area contributed by atoms with Crippen molar-refractivity contribution in [2.45, 2.75) is 44.3 Å². The highest BCUT2D eigenvalue weighted by atomic mass is 19.4. The summed E-state index contributed by atoms with van der Waals surface area (Å²) in [7, 11) is 0. The van der Waals surface area contributed by atoms with Gasteiger partial charge in [-0.1, -0.05) is 19.8 Å². The lowest BCUT2D eigenvalue weighted by molar-refractivity contribution is -0.137. The molecule has 1 aromatic rings. The van der Waals surface area contributed by atoms with Gasteiger partial charge in [-0.3, -0.25) is 0 Å². The van der Waals surface area contributed by atoms with Crippen LogP contribution in [0.5, 0.6) is 0 Å². The van der Waals surface area contributed by atoms with Crippen LogP contribution >= 0.6 is 0 Å². The van der Waals surface area contributed by atoms with Gasteiger partial charge in [-0.05, 0) is 30.9 Å². The van der Waals surface area contributed by atoms with Crippen molar-refractivity contribution in [2.24, 2.45) is 11.7 Å². The van der Waals surface area contributed by atoms with Crippen LogP contribution in [0.15, 0.2) is 18.3 Å². The van der Waals surface area contributed by atoms with Crippen LogP contribution in [-0.4, -0.2) is 17.1 Å². The predicted octanol–water partition coefficient (Wildman–Crippen LogP) is 3.42. The molecule has 2 unspecified atom stereocenters. The van der Waals surface area contributed by atoms with E-state index in [1.165, 1.54) is 12.5 Å². The molecule has 1 saturated carbocycles. The van der Waals surface area contributed by atoms with Gasteiger partial charge in [-0.15, -0.1) is 0 Å². The van der Waals surface area contributed by atoms with E-state index in [4.69, 9.17) is 5.73 Å². The number of pyridine rings is 1. The molecule has 2 atom stereocenters. The van der Waals surface area contributed by atoms with Gasteiger partial charge in [0.05, 0.1) is 11.1 Å². The first-order chi connectivity index (χ1) is 9.35. The highest BCUT2D eigenvalue weighted by Crippen LogP contribution is 2.34. The van der Waals surface area contributed by atoms with E-state index in [1.807, 2.05) is 0 Å². The van der Waals surface area contributed by atoms with Crippen molar-refractivity contribution in [1.29, 1.82) is 0 Å². The Kier molecular flexibility index (Phi) is 4.22. The van der Waals surface area contributed by atoms with Crippen molar-refractivity contribution in [3.05, 3.63) is 23.9 Å². The fraction of sp³-hybridized carbons (Fsp3) is 0.643. The molecule has 20 heavy (non-hydrogen) atoms. The standard InChI is InChI=1S/C14H20F3N3/c1-10-3-2-6-13(7-10,9-18)20-12-5-4-11(8-19-12)14(15,16)17/h4-5,8,10H,2-3,6-7,9,18H2,1H3,(H,19,20). The summed E-state index contributed by atoms with van der Waals surface area (Å²) in [5.41, 5.74) is 4.90. The summed E-state index contributed by atoms with van der Waals surface area (Å²) >= 11 is 0. The Morgan fingerprint density at radius 3 is 2.70 bits per heavy atom. The monoisotopic (exact) mass is 287 g/mol. The molecule has 0 radical (unpaired) electrons. The third-order valence-corrected chi connectivity index (χ3v) is 3.97. The maximum absolute atomic E-state index is 12.5. The molecule has 3 nitrogen and oxygen atoms in total. The summed E-state index contributed by atoms with van der Waals surface area (Å²) in [6, 6.07) is 2.42. The topological polar surface area (TPSA) is 50.9 Å². The molecule has 1 aliphatic rings. The zero-order valence-corrected chi connectivity index (χ0v) is 11.5. The van der Waals surface area contributed by atoms with Gasteiger partial charge in [0.25, 0.3) is 0 Å². The van der Waals surface area contributed by atoms with E-state index in [-0.39, 0.29) is 5.54 Å². The Bertz CT molecular complexity index is 444. The Morgan fingerprint density at radius 2 is 2.20 bits per heavy atom.